The molecule has 3 aliphatic rings. The highest BCUT2D eigenvalue weighted by Crippen LogP contribution is 2.45. The largest absolute Gasteiger partial charge is 0.467 e. The lowest BCUT2D eigenvalue weighted by molar-refractivity contribution is -0.148. The van der Waals surface area contributed by atoms with E-state index in [0.29, 0.717) is 19.3 Å². The number of nitrogens with zero attached hydrogens (tertiary/aromatic N) is 1. The molecule has 1 heterocycles. The lowest BCUT2D eigenvalue weighted by atomic mass is 10.0. The summed E-state index contributed by atoms with van der Waals surface area (Å²) in [5, 5.41) is 15.8. The van der Waals surface area contributed by atoms with Gasteiger partial charge < -0.3 is 30.1 Å². The lowest BCUT2D eigenvalue weighted by Crippen LogP contribution is -2.56. The quantitative estimate of drug-likeness (QED) is 0.193. The van der Waals surface area contributed by atoms with Crippen molar-refractivity contribution in [1.82, 2.24) is 15.5 Å². The van der Waals surface area contributed by atoms with Crippen molar-refractivity contribution in [2.45, 2.75) is 100 Å². The predicted molar refractivity (Wildman–Crippen MR) is 136 cm³/mol. The maximum Gasteiger partial charge on any atom is 0.408 e. The second-order valence-corrected chi connectivity index (χ2v) is 10.3. The first-order valence-corrected chi connectivity index (χ1v) is 13.3. The second-order valence-electron chi connectivity index (χ2n) is 10.3. The smallest absolute Gasteiger partial charge is 0.408 e. The van der Waals surface area contributed by atoms with E-state index in [1.54, 1.807) is 6.08 Å². The van der Waals surface area contributed by atoms with E-state index in [9.17, 15) is 24.3 Å². The summed E-state index contributed by atoms with van der Waals surface area (Å²) in [4.78, 5) is 53.2. The molecule has 3 amide bonds. The third-order valence-corrected chi connectivity index (χ3v) is 7.63. The molecular formula is C27H41N3O7. The number of rotatable bonds is 13. The molecule has 2 aliphatic carbocycles. The number of nitrogens with one attached hydrogen (secondary N) is 2. The Hall–Kier alpha value is -2.88. The van der Waals surface area contributed by atoms with E-state index in [4.69, 9.17) is 9.47 Å². The molecule has 0 aromatic rings. The van der Waals surface area contributed by atoms with Crippen molar-refractivity contribution < 1.29 is 33.8 Å². The van der Waals surface area contributed by atoms with Gasteiger partial charge in [-0.2, -0.15) is 0 Å². The van der Waals surface area contributed by atoms with Gasteiger partial charge in [-0.3, -0.25) is 9.59 Å². The van der Waals surface area contributed by atoms with Crippen molar-refractivity contribution in [3.63, 3.8) is 0 Å². The number of unbranched alkanes of at least 4 members (excludes halogenated alkanes) is 3. The molecule has 5 atom stereocenters. The number of aliphatic hydroxyl groups is 1. The molecule has 10 heteroatoms. The van der Waals surface area contributed by atoms with Crippen LogP contribution in [0.3, 0.4) is 0 Å². The van der Waals surface area contributed by atoms with Crippen molar-refractivity contribution >= 4 is 23.9 Å². The Balaban J connectivity index is 1.69. The fourth-order valence-electron chi connectivity index (χ4n) is 5.40. The first-order valence-electron chi connectivity index (χ1n) is 13.3. The van der Waals surface area contributed by atoms with Crippen LogP contribution in [0.4, 0.5) is 4.79 Å². The van der Waals surface area contributed by atoms with E-state index in [1.165, 1.54) is 12.0 Å². The third-order valence-electron chi connectivity index (χ3n) is 7.63. The Morgan fingerprint density at radius 2 is 1.89 bits per heavy atom. The Bertz CT molecular complexity index is 872. The summed E-state index contributed by atoms with van der Waals surface area (Å²) in [6.07, 6.45) is 9.46. The molecule has 1 saturated heterocycles. The standard InChI is InChI=1S/C27H41N3O7/c1-4-6-7-8-9-14-21(28-26(35)37-20-12-10-11-13-20)24(33)30-17-19(31)15-22(30)23(32)29-27(25(34)36-3)16-18(27)5-2/h4-5,18-22,31H,1-2,6-17H2,3H3,(H,28,35)(H,29,32)/t18?,19-,21+,22?,27?/m1/s1. The second kappa shape index (κ2) is 13.1. The number of aliphatic hydroxyl groups excluding tert-OH is 1. The van der Waals surface area contributed by atoms with Gasteiger partial charge in [-0.25, -0.2) is 9.59 Å². The Morgan fingerprint density at radius 1 is 1.16 bits per heavy atom. The van der Waals surface area contributed by atoms with Crippen LogP contribution < -0.4 is 10.6 Å². The van der Waals surface area contributed by atoms with Crippen molar-refractivity contribution in [1.29, 1.82) is 0 Å². The lowest BCUT2D eigenvalue weighted by Gasteiger charge is -2.29. The predicted octanol–water partition coefficient (Wildman–Crippen LogP) is 2.36. The zero-order valence-electron chi connectivity index (χ0n) is 21.8. The Kier molecular flexibility index (Phi) is 10.1. The Morgan fingerprint density at radius 3 is 2.51 bits per heavy atom. The average Bonchev–Trinajstić information content (AvgIpc) is 3.17. The summed E-state index contributed by atoms with van der Waals surface area (Å²) in [6, 6.07) is -1.87. The van der Waals surface area contributed by atoms with Crippen LogP contribution in [-0.2, 0) is 23.9 Å². The van der Waals surface area contributed by atoms with Gasteiger partial charge in [0.15, 0.2) is 0 Å². The molecule has 3 N–H and O–H groups in total. The van der Waals surface area contributed by atoms with Gasteiger partial charge in [-0.1, -0.05) is 25.0 Å². The van der Waals surface area contributed by atoms with E-state index < -0.39 is 47.6 Å². The normalized spacial score (nSPS) is 27.7. The van der Waals surface area contributed by atoms with E-state index in [-0.39, 0.29) is 25.0 Å². The van der Waals surface area contributed by atoms with Crippen molar-refractivity contribution in [3.05, 3.63) is 25.3 Å². The Labute approximate surface area is 218 Å². The van der Waals surface area contributed by atoms with Gasteiger partial charge in [0.25, 0.3) is 0 Å². The van der Waals surface area contributed by atoms with E-state index in [1.807, 2.05) is 6.08 Å². The molecule has 0 bridgehead atoms. The number of alkyl carbamates (subject to hydrolysis) is 1. The first kappa shape index (κ1) is 28.7. The van der Waals surface area contributed by atoms with Crippen LogP contribution in [0, 0.1) is 5.92 Å². The fourth-order valence-corrected chi connectivity index (χ4v) is 5.40. The van der Waals surface area contributed by atoms with Gasteiger partial charge in [0.1, 0.15) is 23.7 Å². The summed E-state index contributed by atoms with van der Waals surface area (Å²) in [6.45, 7) is 7.39. The zero-order chi connectivity index (χ0) is 27.0. The molecule has 0 radical (unpaired) electrons. The highest BCUT2D eigenvalue weighted by atomic mass is 16.6. The minimum atomic E-state index is -1.20. The highest BCUT2D eigenvalue weighted by molar-refractivity contribution is 5.96. The number of amides is 3. The van der Waals surface area contributed by atoms with Gasteiger partial charge in [0.2, 0.25) is 11.8 Å². The van der Waals surface area contributed by atoms with Crippen LogP contribution in [-0.4, -0.2) is 77.4 Å². The number of hydrogen-bond acceptors (Lipinski definition) is 7. The van der Waals surface area contributed by atoms with E-state index in [0.717, 1.165) is 44.9 Å². The number of ether oxygens (including phenoxy) is 2. The molecule has 0 aromatic carbocycles. The van der Waals surface area contributed by atoms with Crippen LogP contribution >= 0.6 is 0 Å². The summed E-state index contributed by atoms with van der Waals surface area (Å²) in [5.74, 6) is -1.84. The molecule has 37 heavy (non-hydrogen) atoms. The number of methoxy groups -OCH3 is 1. The van der Waals surface area contributed by atoms with Crippen LogP contribution in [0.1, 0.15) is 70.6 Å². The van der Waals surface area contributed by atoms with Crippen LogP contribution in [0.15, 0.2) is 25.3 Å². The molecule has 206 valence electrons. The minimum Gasteiger partial charge on any atom is -0.467 e. The number of likely N-dealkylation sites (tertiary alicyclic amines) is 1. The molecule has 0 spiro atoms. The van der Waals surface area contributed by atoms with Gasteiger partial charge >= 0.3 is 12.1 Å². The monoisotopic (exact) mass is 519 g/mol. The first-order chi connectivity index (χ1) is 17.7. The number of β-amino-alcohol motifs (C(OH)–C–C–N with tert-alkyl or cyclic N) is 1. The zero-order valence-corrected chi connectivity index (χ0v) is 21.8. The number of carbonyl (C=O) groups is 4. The van der Waals surface area contributed by atoms with E-state index >= 15 is 0 Å². The van der Waals surface area contributed by atoms with Crippen molar-refractivity contribution in [3.8, 4) is 0 Å². The summed E-state index contributed by atoms with van der Waals surface area (Å²) in [5.41, 5.74) is -1.20. The van der Waals surface area contributed by atoms with Crippen LogP contribution in [0.2, 0.25) is 0 Å². The molecule has 10 nitrogen and oxygen atoms in total. The van der Waals surface area contributed by atoms with Gasteiger partial charge in [-0.05, 0) is 51.4 Å². The number of hydrogen-bond donors (Lipinski definition) is 3. The summed E-state index contributed by atoms with van der Waals surface area (Å²) in [7, 11) is 1.25. The maximum absolute atomic E-state index is 13.6. The topological polar surface area (TPSA) is 134 Å². The SMILES string of the molecule is C=CCCCCC[C@H](NC(=O)OC1CCCC1)C(=O)N1C[C@H](O)CC1C(=O)NC1(C(=O)OC)CC1C=C. The summed E-state index contributed by atoms with van der Waals surface area (Å²) >= 11 is 0. The van der Waals surface area contributed by atoms with Crippen molar-refractivity contribution in [2.75, 3.05) is 13.7 Å². The molecule has 3 unspecified atom stereocenters. The minimum absolute atomic E-state index is 0.0339. The van der Waals surface area contributed by atoms with Crippen LogP contribution in [0.25, 0.3) is 0 Å². The molecule has 3 rings (SSSR count). The molecule has 2 saturated carbocycles. The molecule has 3 fully saturated rings. The number of carbonyl (C=O) groups excluding carboxylic acids is 4. The van der Waals surface area contributed by atoms with Crippen LogP contribution in [0.5, 0.6) is 0 Å². The molecule has 1 aliphatic heterocycles. The highest BCUT2D eigenvalue weighted by Gasteiger charge is 2.61. The maximum atomic E-state index is 13.6. The molecular weight excluding hydrogens is 478 g/mol. The average molecular weight is 520 g/mol. The molecule has 0 aromatic heterocycles. The fraction of sp³-hybridized carbons (Fsp3) is 0.704. The van der Waals surface area contributed by atoms with Gasteiger partial charge in [0, 0.05) is 18.9 Å². The van der Waals surface area contributed by atoms with Crippen molar-refractivity contribution in [2.24, 2.45) is 5.92 Å². The van der Waals surface area contributed by atoms with E-state index in [2.05, 4.69) is 23.8 Å². The van der Waals surface area contributed by atoms with Gasteiger partial charge in [-0.15, -0.1) is 13.2 Å². The number of esters is 1. The number of allylic oxidation sites excluding steroid dienone is 1. The third kappa shape index (κ3) is 7.12. The summed E-state index contributed by atoms with van der Waals surface area (Å²) < 4.78 is 10.4. The van der Waals surface area contributed by atoms with Gasteiger partial charge in [0.05, 0.1) is 13.2 Å².